The minimum absolute atomic E-state index is 0.0825. The van der Waals surface area contributed by atoms with Crippen LogP contribution in [-0.2, 0) is 0 Å². The zero-order valence-electron chi connectivity index (χ0n) is 19.6. The summed E-state index contributed by atoms with van der Waals surface area (Å²) in [5, 5.41) is 10.3. The second-order valence-corrected chi connectivity index (χ2v) is 8.39. The highest BCUT2D eigenvalue weighted by atomic mass is 16.3. The van der Waals surface area contributed by atoms with Gasteiger partial charge in [-0.1, -0.05) is 42.0 Å². The maximum absolute atomic E-state index is 13.2. The molecule has 0 aliphatic carbocycles. The van der Waals surface area contributed by atoms with Crippen LogP contribution in [0.4, 0.5) is 11.4 Å². The summed E-state index contributed by atoms with van der Waals surface area (Å²) >= 11 is 0. The van der Waals surface area contributed by atoms with E-state index in [2.05, 4.69) is 15.7 Å². The van der Waals surface area contributed by atoms with Crippen molar-refractivity contribution in [3.63, 3.8) is 0 Å². The molecular formula is C28H22N4O4. The summed E-state index contributed by atoms with van der Waals surface area (Å²) in [5.41, 5.74) is 3.05. The second kappa shape index (κ2) is 9.34. The van der Waals surface area contributed by atoms with E-state index in [1.165, 1.54) is 16.9 Å². The van der Waals surface area contributed by atoms with Crippen molar-refractivity contribution in [1.29, 1.82) is 0 Å². The fraction of sp³-hybridized carbons (Fsp3) is 0.0714. The van der Waals surface area contributed by atoms with E-state index >= 15 is 0 Å². The van der Waals surface area contributed by atoms with Gasteiger partial charge in [-0.2, -0.15) is 5.10 Å². The lowest BCUT2D eigenvalue weighted by Crippen LogP contribution is -2.26. The number of anilines is 2. The molecule has 5 aromatic rings. The largest absolute Gasteiger partial charge is 0.449 e. The molecule has 0 saturated carbocycles. The smallest absolute Gasteiger partial charge is 0.293 e. The standard InChI is InChI=1S/C28H22N4O4/c1-17-10-12-20(13-11-17)32-15-14-22(33)25(31-32)27(34)30-24-21-8-3-4-9-23(21)36-26(24)28(35)29-19-7-5-6-18(2)16-19/h3-16H,1-2H3,(H,29,35)(H,30,34). The molecule has 0 aliphatic heterocycles. The number of hydrogen-bond donors (Lipinski definition) is 2. The topological polar surface area (TPSA) is 106 Å². The summed E-state index contributed by atoms with van der Waals surface area (Å²) in [5.74, 6) is -1.37. The number of aromatic nitrogens is 2. The van der Waals surface area contributed by atoms with Crippen LogP contribution in [0.25, 0.3) is 16.7 Å². The Labute approximate surface area is 206 Å². The van der Waals surface area contributed by atoms with Crippen molar-refractivity contribution in [2.24, 2.45) is 0 Å². The van der Waals surface area contributed by atoms with Crippen LogP contribution in [0.3, 0.4) is 0 Å². The van der Waals surface area contributed by atoms with E-state index in [4.69, 9.17) is 4.42 Å². The van der Waals surface area contributed by atoms with E-state index in [1.54, 1.807) is 30.3 Å². The van der Waals surface area contributed by atoms with Crippen molar-refractivity contribution in [2.45, 2.75) is 13.8 Å². The lowest BCUT2D eigenvalue weighted by Gasteiger charge is -2.09. The van der Waals surface area contributed by atoms with Crippen LogP contribution in [0.1, 0.15) is 32.2 Å². The van der Waals surface area contributed by atoms with Crippen molar-refractivity contribution < 1.29 is 14.0 Å². The minimum atomic E-state index is -0.752. The van der Waals surface area contributed by atoms with Gasteiger partial charge in [-0.05, 0) is 55.8 Å². The molecule has 178 valence electrons. The summed E-state index contributed by atoms with van der Waals surface area (Å²) < 4.78 is 7.26. The molecule has 8 nitrogen and oxygen atoms in total. The number of nitrogens with one attached hydrogen (secondary N) is 2. The van der Waals surface area contributed by atoms with Crippen LogP contribution in [0.2, 0.25) is 0 Å². The Kier molecular flexibility index (Phi) is 5.92. The van der Waals surface area contributed by atoms with Crippen LogP contribution in [0.5, 0.6) is 0 Å². The third kappa shape index (κ3) is 4.52. The lowest BCUT2D eigenvalue weighted by atomic mass is 10.2. The highest BCUT2D eigenvalue weighted by Gasteiger charge is 2.24. The van der Waals surface area contributed by atoms with Gasteiger partial charge in [-0.25, -0.2) is 4.68 Å². The number of carbonyl (C=O) groups excluding carboxylic acids is 2. The Morgan fingerprint density at radius 1 is 0.833 bits per heavy atom. The predicted octanol–water partition coefficient (Wildman–Crippen LogP) is 5.10. The molecule has 3 aromatic carbocycles. The molecular weight excluding hydrogens is 456 g/mol. The third-order valence-electron chi connectivity index (χ3n) is 5.64. The summed E-state index contributed by atoms with van der Waals surface area (Å²) in [7, 11) is 0. The first kappa shape index (κ1) is 22.8. The SMILES string of the molecule is Cc1ccc(-n2ccc(=O)c(C(=O)Nc3c(C(=O)Nc4cccc(C)c4)oc4ccccc34)n2)cc1. The molecule has 0 fully saturated rings. The van der Waals surface area contributed by atoms with E-state index in [0.29, 0.717) is 22.3 Å². The van der Waals surface area contributed by atoms with Crippen LogP contribution >= 0.6 is 0 Å². The minimum Gasteiger partial charge on any atom is -0.449 e. The van der Waals surface area contributed by atoms with Gasteiger partial charge in [-0.15, -0.1) is 0 Å². The van der Waals surface area contributed by atoms with Gasteiger partial charge in [0, 0.05) is 23.3 Å². The molecule has 0 atom stereocenters. The molecule has 8 heteroatoms. The van der Waals surface area contributed by atoms with E-state index in [-0.39, 0.29) is 17.1 Å². The second-order valence-electron chi connectivity index (χ2n) is 8.39. The van der Waals surface area contributed by atoms with Crippen molar-refractivity contribution in [2.75, 3.05) is 10.6 Å². The van der Waals surface area contributed by atoms with Gasteiger partial charge in [0.15, 0.2) is 5.69 Å². The zero-order chi connectivity index (χ0) is 25.2. The molecule has 2 aromatic heterocycles. The fourth-order valence-corrected chi connectivity index (χ4v) is 3.82. The number of carbonyl (C=O) groups is 2. The average molecular weight is 479 g/mol. The Hall–Kier alpha value is -4.98. The van der Waals surface area contributed by atoms with Crippen LogP contribution in [0, 0.1) is 13.8 Å². The van der Waals surface area contributed by atoms with E-state index in [0.717, 1.165) is 11.1 Å². The summed E-state index contributed by atoms with van der Waals surface area (Å²) in [6.07, 6.45) is 1.50. The lowest BCUT2D eigenvalue weighted by molar-refractivity contribution is 0.0999. The third-order valence-corrected chi connectivity index (χ3v) is 5.64. The number of rotatable bonds is 5. The molecule has 0 aliphatic rings. The van der Waals surface area contributed by atoms with E-state index < -0.39 is 17.2 Å². The Morgan fingerprint density at radius 2 is 1.61 bits per heavy atom. The van der Waals surface area contributed by atoms with Gasteiger partial charge in [0.2, 0.25) is 11.2 Å². The number of fused-ring (bicyclic) bond motifs is 1. The van der Waals surface area contributed by atoms with E-state index in [9.17, 15) is 14.4 Å². The van der Waals surface area contributed by atoms with Crippen molar-refractivity contribution in [1.82, 2.24) is 9.78 Å². The molecule has 0 bridgehead atoms. The van der Waals surface area contributed by atoms with Crippen molar-refractivity contribution in [3.8, 4) is 5.69 Å². The first-order chi connectivity index (χ1) is 17.4. The van der Waals surface area contributed by atoms with Gasteiger partial charge in [-0.3, -0.25) is 14.4 Å². The van der Waals surface area contributed by atoms with Gasteiger partial charge >= 0.3 is 0 Å². The number of hydrogen-bond acceptors (Lipinski definition) is 5. The van der Waals surface area contributed by atoms with Crippen LogP contribution < -0.4 is 16.1 Å². The summed E-state index contributed by atoms with van der Waals surface area (Å²) in [6, 6.07) is 23.0. The summed E-state index contributed by atoms with van der Waals surface area (Å²) in [4.78, 5) is 38.9. The monoisotopic (exact) mass is 478 g/mol. The molecule has 5 rings (SSSR count). The molecule has 0 saturated heterocycles. The maximum Gasteiger partial charge on any atom is 0.293 e. The number of benzene rings is 3. The number of amides is 2. The number of furan rings is 1. The molecule has 2 amide bonds. The fourth-order valence-electron chi connectivity index (χ4n) is 3.82. The van der Waals surface area contributed by atoms with Gasteiger partial charge in [0.1, 0.15) is 11.3 Å². The van der Waals surface area contributed by atoms with Gasteiger partial charge in [0.05, 0.1) is 5.69 Å². The van der Waals surface area contributed by atoms with Gasteiger partial charge < -0.3 is 15.1 Å². The highest BCUT2D eigenvalue weighted by molar-refractivity contribution is 6.16. The van der Waals surface area contributed by atoms with Crippen LogP contribution in [0.15, 0.2) is 94.3 Å². The maximum atomic E-state index is 13.2. The first-order valence-electron chi connectivity index (χ1n) is 11.3. The predicted molar refractivity (Wildman–Crippen MR) is 138 cm³/mol. The number of nitrogens with zero attached hydrogens (tertiary/aromatic N) is 2. The van der Waals surface area contributed by atoms with Gasteiger partial charge in [0.25, 0.3) is 11.8 Å². The molecule has 0 unspecified atom stereocenters. The molecule has 2 N–H and O–H groups in total. The Morgan fingerprint density at radius 3 is 2.39 bits per heavy atom. The van der Waals surface area contributed by atoms with Crippen molar-refractivity contribution >= 4 is 34.2 Å². The number of para-hydroxylation sites is 1. The normalized spacial score (nSPS) is 10.8. The number of aryl methyl sites for hydroxylation is 2. The quantitative estimate of drug-likeness (QED) is 0.366. The first-order valence-corrected chi connectivity index (χ1v) is 11.3. The zero-order valence-corrected chi connectivity index (χ0v) is 19.6. The molecule has 2 heterocycles. The van der Waals surface area contributed by atoms with Crippen molar-refractivity contribution in [3.05, 3.63) is 118 Å². The molecule has 0 spiro atoms. The highest BCUT2D eigenvalue weighted by Crippen LogP contribution is 2.31. The van der Waals surface area contributed by atoms with E-state index in [1.807, 2.05) is 56.3 Å². The van der Waals surface area contributed by atoms with Crippen LogP contribution in [-0.4, -0.2) is 21.6 Å². The summed E-state index contributed by atoms with van der Waals surface area (Å²) in [6.45, 7) is 3.88. The molecule has 36 heavy (non-hydrogen) atoms. The average Bonchev–Trinajstić information content (AvgIpc) is 3.23. The Bertz CT molecular complexity index is 1670. The molecule has 0 radical (unpaired) electrons. The Balaban J connectivity index is 1.50.